The highest BCUT2D eigenvalue weighted by atomic mass is 16.5. The summed E-state index contributed by atoms with van der Waals surface area (Å²) in [5.74, 6) is 0.955. The number of rotatable bonds is 9. The van der Waals surface area contributed by atoms with Gasteiger partial charge in [-0.15, -0.1) is 0 Å². The maximum Gasteiger partial charge on any atom is 0.194 e. The van der Waals surface area contributed by atoms with Gasteiger partial charge in [-0.25, -0.2) is 0 Å². The molecule has 0 bridgehead atoms. The molecule has 0 spiro atoms. The van der Waals surface area contributed by atoms with Crippen LogP contribution in [0, 0.1) is 6.92 Å². The Morgan fingerprint density at radius 3 is 2.61 bits per heavy atom. The van der Waals surface area contributed by atoms with E-state index in [1.807, 2.05) is 0 Å². The number of benzene rings is 1. The van der Waals surface area contributed by atoms with Crippen LogP contribution in [0.3, 0.4) is 0 Å². The molecule has 0 radical (unpaired) electrons. The summed E-state index contributed by atoms with van der Waals surface area (Å²) in [7, 11) is 5.91. The van der Waals surface area contributed by atoms with E-state index in [2.05, 4.69) is 67.3 Å². The molecule has 1 aromatic rings. The molecule has 130 valence electrons. The minimum Gasteiger partial charge on any atom is -0.383 e. The minimum absolute atomic E-state index is 0.757. The summed E-state index contributed by atoms with van der Waals surface area (Å²) < 4.78 is 5.10. The molecular formula is C18H32N4O. The molecule has 0 heterocycles. The fourth-order valence-corrected chi connectivity index (χ4v) is 2.27. The third-order valence-electron chi connectivity index (χ3n) is 3.79. The van der Waals surface area contributed by atoms with E-state index in [0.29, 0.717) is 0 Å². The molecule has 0 amide bonds. The number of likely N-dealkylation sites (N-methyl/N-ethyl adjacent to an activating group) is 1. The third-order valence-corrected chi connectivity index (χ3v) is 3.79. The lowest BCUT2D eigenvalue weighted by molar-refractivity contribution is 0.163. The second kappa shape index (κ2) is 11.0. The number of nitrogens with one attached hydrogen (secondary N) is 1. The summed E-state index contributed by atoms with van der Waals surface area (Å²) in [6.45, 7) is 9.38. The smallest absolute Gasteiger partial charge is 0.194 e. The first-order valence-corrected chi connectivity index (χ1v) is 8.30. The molecule has 0 unspecified atom stereocenters. The van der Waals surface area contributed by atoms with E-state index < -0.39 is 0 Å². The van der Waals surface area contributed by atoms with Crippen LogP contribution in [0.15, 0.2) is 29.3 Å². The lowest BCUT2D eigenvalue weighted by Crippen LogP contribution is -2.39. The SMILES string of the molecule is CCNC(=NCCN(C)CCOC)N(C)Cc1ccccc1C. The molecule has 5 heteroatoms. The van der Waals surface area contributed by atoms with E-state index in [1.165, 1.54) is 11.1 Å². The largest absolute Gasteiger partial charge is 0.383 e. The van der Waals surface area contributed by atoms with E-state index in [0.717, 1.165) is 45.3 Å². The van der Waals surface area contributed by atoms with Crippen LogP contribution in [-0.2, 0) is 11.3 Å². The Morgan fingerprint density at radius 2 is 1.96 bits per heavy atom. The Labute approximate surface area is 141 Å². The molecule has 1 N–H and O–H groups in total. The molecule has 0 aromatic heterocycles. The number of hydrogen-bond acceptors (Lipinski definition) is 3. The number of aliphatic imine (C=N–C) groups is 1. The third kappa shape index (κ3) is 7.48. The van der Waals surface area contributed by atoms with Crippen LogP contribution in [0.25, 0.3) is 0 Å². The van der Waals surface area contributed by atoms with E-state index in [4.69, 9.17) is 9.73 Å². The lowest BCUT2D eigenvalue weighted by Gasteiger charge is -2.23. The average Bonchev–Trinajstić information content (AvgIpc) is 2.54. The van der Waals surface area contributed by atoms with Gasteiger partial charge < -0.3 is 19.9 Å². The highest BCUT2D eigenvalue weighted by Gasteiger charge is 2.08. The van der Waals surface area contributed by atoms with Crippen molar-refractivity contribution in [1.29, 1.82) is 0 Å². The van der Waals surface area contributed by atoms with Crippen LogP contribution in [0.5, 0.6) is 0 Å². The minimum atomic E-state index is 0.757. The van der Waals surface area contributed by atoms with Crippen LogP contribution >= 0.6 is 0 Å². The zero-order valence-corrected chi connectivity index (χ0v) is 15.3. The van der Waals surface area contributed by atoms with Crippen molar-refractivity contribution in [2.75, 3.05) is 54.0 Å². The van der Waals surface area contributed by atoms with Crippen LogP contribution in [0.1, 0.15) is 18.1 Å². The van der Waals surface area contributed by atoms with Crippen LogP contribution in [-0.4, -0.2) is 69.8 Å². The van der Waals surface area contributed by atoms with Crippen molar-refractivity contribution in [3.8, 4) is 0 Å². The zero-order valence-electron chi connectivity index (χ0n) is 15.3. The summed E-state index contributed by atoms with van der Waals surface area (Å²) in [6, 6.07) is 8.49. The number of nitrogens with zero attached hydrogens (tertiary/aromatic N) is 3. The Bertz CT molecular complexity index is 476. The predicted octanol–water partition coefficient (Wildman–Crippen LogP) is 1.97. The maximum absolute atomic E-state index is 5.10. The summed E-state index contributed by atoms with van der Waals surface area (Å²) in [6.07, 6.45) is 0. The Balaban J connectivity index is 2.58. The average molecular weight is 320 g/mol. The summed E-state index contributed by atoms with van der Waals surface area (Å²) in [4.78, 5) is 9.15. The van der Waals surface area contributed by atoms with Crippen molar-refractivity contribution < 1.29 is 4.74 Å². The van der Waals surface area contributed by atoms with E-state index in [1.54, 1.807) is 7.11 Å². The Morgan fingerprint density at radius 1 is 1.22 bits per heavy atom. The van der Waals surface area contributed by atoms with Gasteiger partial charge in [0.25, 0.3) is 0 Å². The topological polar surface area (TPSA) is 40.1 Å². The van der Waals surface area contributed by atoms with Gasteiger partial charge in [0, 0.05) is 40.3 Å². The Hall–Kier alpha value is -1.59. The van der Waals surface area contributed by atoms with E-state index >= 15 is 0 Å². The van der Waals surface area contributed by atoms with Crippen molar-refractivity contribution >= 4 is 5.96 Å². The number of hydrogen-bond donors (Lipinski definition) is 1. The molecule has 0 saturated carbocycles. The predicted molar refractivity (Wildman–Crippen MR) is 98.0 cm³/mol. The maximum atomic E-state index is 5.10. The second-order valence-electron chi connectivity index (χ2n) is 5.81. The fourth-order valence-electron chi connectivity index (χ4n) is 2.27. The van der Waals surface area contributed by atoms with Gasteiger partial charge in [0.15, 0.2) is 5.96 Å². The van der Waals surface area contributed by atoms with Gasteiger partial charge in [0.2, 0.25) is 0 Å². The van der Waals surface area contributed by atoms with Gasteiger partial charge in [-0.1, -0.05) is 24.3 Å². The molecule has 0 aliphatic rings. The number of guanidine groups is 1. The summed E-state index contributed by atoms with van der Waals surface area (Å²) in [5, 5.41) is 3.37. The first-order valence-electron chi connectivity index (χ1n) is 8.30. The summed E-state index contributed by atoms with van der Waals surface area (Å²) in [5.41, 5.74) is 2.65. The molecule has 0 atom stereocenters. The highest BCUT2D eigenvalue weighted by Crippen LogP contribution is 2.09. The van der Waals surface area contributed by atoms with Crippen molar-refractivity contribution in [3.05, 3.63) is 35.4 Å². The van der Waals surface area contributed by atoms with Gasteiger partial charge in [0.1, 0.15) is 0 Å². The van der Waals surface area contributed by atoms with Crippen molar-refractivity contribution in [2.45, 2.75) is 20.4 Å². The number of aryl methyl sites for hydroxylation is 1. The molecule has 0 saturated heterocycles. The highest BCUT2D eigenvalue weighted by molar-refractivity contribution is 5.79. The molecule has 23 heavy (non-hydrogen) atoms. The number of methoxy groups -OCH3 is 1. The van der Waals surface area contributed by atoms with Gasteiger partial charge in [-0.05, 0) is 32.0 Å². The molecular weight excluding hydrogens is 288 g/mol. The quantitative estimate of drug-likeness (QED) is 0.558. The van der Waals surface area contributed by atoms with Crippen molar-refractivity contribution in [3.63, 3.8) is 0 Å². The van der Waals surface area contributed by atoms with Crippen LogP contribution in [0.2, 0.25) is 0 Å². The van der Waals surface area contributed by atoms with E-state index in [9.17, 15) is 0 Å². The molecule has 0 aliphatic carbocycles. The standard InChI is InChI=1S/C18H32N4O/c1-6-19-18(20-11-12-21(3)13-14-23-5)22(4)15-17-10-8-7-9-16(17)2/h7-10H,6,11-15H2,1-5H3,(H,19,20). The molecule has 0 fully saturated rings. The molecule has 0 aliphatic heterocycles. The number of ether oxygens (including phenoxy) is 1. The van der Waals surface area contributed by atoms with Gasteiger partial charge >= 0.3 is 0 Å². The first-order chi connectivity index (χ1) is 11.1. The van der Waals surface area contributed by atoms with Gasteiger partial charge in [-0.3, -0.25) is 4.99 Å². The van der Waals surface area contributed by atoms with Crippen LogP contribution < -0.4 is 5.32 Å². The second-order valence-corrected chi connectivity index (χ2v) is 5.81. The van der Waals surface area contributed by atoms with Crippen LogP contribution in [0.4, 0.5) is 0 Å². The fraction of sp³-hybridized carbons (Fsp3) is 0.611. The lowest BCUT2D eigenvalue weighted by atomic mass is 10.1. The molecule has 5 nitrogen and oxygen atoms in total. The summed E-state index contributed by atoms with van der Waals surface area (Å²) >= 11 is 0. The van der Waals surface area contributed by atoms with Gasteiger partial charge in [0.05, 0.1) is 13.2 Å². The molecule has 1 rings (SSSR count). The zero-order chi connectivity index (χ0) is 17.1. The Kier molecular flexibility index (Phi) is 9.33. The van der Waals surface area contributed by atoms with E-state index in [-0.39, 0.29) is 0 Å². The van der Waals surface area contributed by atoms with Crippen molar-refractivity contribution in [2.24, 2.45) is 4.99 Å². The van der Waals surface area contributed by atoms with Crippen molar-refractivity contribution in [1.82, 2.24) is 15.1 Å². The molecule has 1 aromatic carbocycles. The van der Waals surface area contributed by atoms with Gasteiger partial charge in [-0.2, -0.15) is 0 Å². The normalized spacial score (nSPS) is 11.8. The first kappa shape index (κ1) is 19.5. The monoisotopic (exact) mass is 320 g/mol.